The molecule has 0 saturated heterocycles. The molecule has 1 atom stereocenters. The van der Waals surface area contributed by atoms with Gasteiger partial charge in [0.05, 0.1) is 24.7 Å². The van der Waals surface area contributed by atoms with E-state index in [4.69, 9.17) is 16.3 Å². The second-order valence-corrected chi connectivity index (χ2v) is 4.78. The van der Waals surface area contributed by atoms with Crippen molar-refractivity contribution in [3.05, 3.63) is 11.9 Å². The molecule has 1 aromatic rings. The first-order valence-electron chi connectivity index (χ1n) is 5.75. The van der Waals surface area contributed by atoms with Crippen LogP contribution in [0.3, 0.4) is 0 Å². The lowest BCUT2D eigenvalue weighted by Gasteiger charge is -2.06. The van der Waals surface area contributed by atoms with E-state index in [1.165, 1.54) is 0 Å². The second-order valence-electron chi connectivity index (χ2n) is 4.25. The van der Waals surface area contributed by atoms with Crippen LogP contribution in [0.15, 0.2) is 6.20 Å². The van der Waals surface area contributed by atoms with Crippen molar-refractivity contribution in [1.82, 2.24) is 15.0 Å². The first-order valence-corrected chi connectivity index (χ1v) is 6.19. The van der Waals surface area contributed by atoms with Crippen molar-refractivity contribution in [1.29, 1.82) is 0 Å². The number of hydrogen-bond donors (Lipinski definition) is 0. The Kier molecular flexibility index (Phi) is 5.77. The summed E-state index contributed by atoms with van der Waals surface area (Å²) in [5.74, 6) is 0.568. The maximum Gasteiger partial charge on any atom is 0.100 e. The third-order valence-corrected chi connectivity index (χ3v) is 2.68. The van der Waals surface area contributed by atoms with Gasteiger partial charge in [-0.2, -0.15) is 0 Å². The van der Waals surface area contributed by atoms with Gasteiger partial charge in [0.1, 0.15) is 5.69 Å². The highest BCUT2D eigenvalue weighted by molar-refractivity contribution is 6.20. The molecule has 0 saturated carbocycles. The standard InChI is InChI=1S/C11H20ClN3O/c1-4-10(12)11-7-15(14-13-11)5-6-16-8-9(2)3/h7,9-10H,4-6,8H2,1-3H3. The van der Waals surface area contributed by atoms with Gasteiger partial charge in [0.25, 0.3) is 0 Å². The normalized spacial score (nSPS) is 13.3. The molecule has 0 bridgehead atoms. The largest absolute Gasteiger partial charge is 0.379 e. The van der Waals surface area contributed by atoms with E-state index in [0.29, 0.717) is 12.5 Å². The number of aromatic nitrogens is 3. The Morgan fingerprint density at radius 3 is 2.88 bits per heavy atom. The minimum atomic E-state index is -0.0367. The quantitative estimate of drug-likeness (QED) is 0.548. The van der Waals surface area contributed by atoms with E-state index in [1.807, 2.05) is 13.1 Å². The molecule has 0 radical (unpaired) electrons. The Labute approximate surface area is 102 Å². The van der Waals surface area contributed by atoms with Crippen LogP contribution in [0.2, 0.25) is 0 Å². The molecule has 5 heteroatoms. The van der Waals surface area contributed by atoms with Gasteiger partial charge in [-0.3, -0.25) is 0 Å². The summed E-state index contributed by atoms with van der Waals surface area (Å²) in [7, 11) is 0. The third-order valence-electron chi connectivity index (χ3n) is 2.15. The van der Waals surface area contributed by atoms with Crippen molar-refractivity contribution >= 4 is 11.6 Å². The summed E-state index contributed by atoms with van der Waals surface area (Å²) in [6.07, 6.45) is 2.75. The van der Waals surface area contributed by atoms with Crippen molar-refractivity contribution in [2.24, 2.45) is 5.92 Å². The molecule has 0 aliphatic rings. The minimum Gasteiger partial charge on any atom is -0.379 e. The van der Waals surface area contributed by atoms with E-state index >= 15 is 0 Å². The van der Waals surface area contributed by atoms with E-state index in [2.05, 4.69) is 24.2 Å². The van der Waals surface area contributed by atoms with Gasteiger partial charge in [0.2, 0.25) is 0 Å². The second kappa shape index (κ2) is 6.86. The Morgan fingerprint density at radius 1 is 1.50 bits per heavy atom. The molecule has 4 nitrogen and oxygen atoms in total. The fourth-order valence-corrected chi connectivity index (χ4v) is 1.35. The van der Waals surface area contributed by atoms with Crippen LogP contribution in [-0.4, -0.2) is 28.2 Å². The highest BCUT2D eigenvalue weighted by Gasteiger charge is 2.09. The Bertz CT molecular complexity index is 301. The number of hydrogen-bond acceptors (Lipinski definition) is 3. The number of halogens is 1. The lowest BCUT2D eigenvalue weighted by Crippen LogP contribution is -2.09. The number of ether oxygens (including phenoxy) is 1. The zero-order chi connectivity index (χ0) is 12.0. The fraction of sp³-hybridized carbons (Fsp3) is 0.818. The van der Waals surface area contributed by atoms with Crippen LogP contribution in [-0.2, 0) is 11.3 Å². The molecule has 1 heterocycles. The van der Waals surface area contributed by atoms with Gasteiger partial charge < -0.3 is 4.74 Å². The van der Waals surface area contributed by atoms with E-state index in [-0.39, 0.29) is 5.38 Å². The van der Waals surface area contributed by atoms with Crippen LogP contribution in [0, 0.1) is 5.92 Å². The highest BCUT2D eigenvalue weighted by atomic mass is 35.5. The van der Waals surface area contributed by atoms with Crippen LogP contribution in [0.5, 0.6) is 0 Å². The summed E-state index contributed by atoms with van der Waals surface area (Å²) in [6.45, 7) is 8.48. The zero-order valence-electron chi connectivity index (χ0n) is 10.2. The molecule has 0 aliphatic carbocycles. The first kappa shape index (κ1) is 13.5. The average Bonchev–Trinajstić information content (AvgIpc) is 2.71. The van der Waals surface area contributed by atoms with Gasteiger partial charge in [0.15, 0.2) is 0 Å². The molecule has 0 aliphatic heterocycles. The van der Waals surface area contributed by atoms with E-state index in [9.17, 15) is 0 Å². The summed E-state index contributed by atoms with van der Waals surface area (Å²) in [6, 6.07) is 0. The molecular formula is C11H20ClN3O. The van der Waals surface area contributed by atoms with E-state index in [1.54, 1.807) is 4.68 Å². The van der Waals surface area contributed by atoms with E-state index < -0.39 is 0 Å². The molecule has 0 spiro atoms. The van der Waals surface area contributed by atoms with Gasteiger partial charge in [-0.1, -0.05) is 26.0 Å². The summed E-state index contributed by atoms with van der Waals surface area (Å²) < 4.78 is 7.25. The summed E-state index contributed by atoms with van der Waals surface area (Å²) in [5, 5.41) is 7.99. The monoisotopic (exact) mass is 245 g/mol. The van der Waals surface area contributed by atoms with Gasteiger partial charge in [0, 0.05) is 6.61 Å². The van der Waals surface area contributed by atoms with Crippen molar-refractivity contribution in [2.45, 2.75) is 39.1 Å². The van der Waals surface area contributed by atoms with Crippen molar-refractivity contribution in [3.8, 4) is 0 Å². The van der Waals surface area contributed by atoms with Gasteiger partial charge in [-0.05, 0) is 12.3 Å². The lowest BCUT2D eigenvalue weighted by atomic mass is 10.2. The molecule has 92 valence electrons. The van der Waals surface area contributed by atoms with Crippen LogP contribution < -0.4 is 0 Å². The first-order chi connectivity index (χ1) is 7.63. The number of rotatable bonds is 7. The lowest BCUT2D eigenvalue weighted by molar-refractivity contribution is 0.101. The smallest absolute Gasteiger partial charge is 0.100 e. The Morgan fingerprint density at radius 2 is 2.25 bits per heavy atom. The minimum absolute atomic E-state index is 0.0367. The summed E-state index contributed by atoms with van der Waals surface area (Å²) in [5.41, 5.74) is 0.841. The topological polar surface area (TPSA) is 39.9 Å². The van der Waals surface area contributed by atoms with Gasteiger partial charge in [-0.25, -0.2) is 4.68 Å². The molecule has 16 heavy (non-hydrogen) atoms. The molecule has 1 aromatic heterocycles. The molecular weight excluding hydrogens is 226 g/mol. The summed E-state index contributed by atoms with van der Waals surface area (Å²) in [4.78, 5) is 0. The zero-order valence-corrected chi connectivity index (χ0v) is 10.9. The molecule has 0 N–H and O–H groups in total. The van der Waals surface area contributed by atoms with E-state index in [0.717, 1.165) is 25.3 Å². The third kappa shape index (κ3) is 4.49. The van der Waals surface area contributed by atoms with Gasteiger partial charge in [-0.15, -0.1) is 16.7 Å². The van der Waals surface area contributed by atoms with Crippen LogP contribution in [0.25, 0.3) is 0 Å². The maximum atomic E-state index is 6.06. The molecule has 0 aromatic carbocycles. The van der Waals surface area contributed by atoms with Crippen LogP contribution >= 0.6 is 11.6 Å². The predicted octanol–water partition coefficient (Wildman–Crippen LogP) is 2.64. The molecule has 0 fully saturated rings. The molecule has 1 unspecified atom stereocenters. The number of nitrogens with zero attached hydrogens (tertiary/aromatic N) is 3. The predicted molar refractivity (Wildman–Crippen MR) is 64.6 cm³/mol. The SMILES string of the molecule is CCC(Cl)c1cn(CCOCC(C)C)nn1. The fourth-order valence-electron chi connectivity index (χ4n) is 1.25. The maximum absolute atomic E-state index is 6.06. The molecule has 0 amide bonds. The molecule has 1 rings (SSSR count). The average molecular weight is 246 g/mol. The Hall–Kier alpha value is -0.610. The Balaban J connectivity index is 2.29. The van der Waals surface area contributed by atoms with Crippen LogP contribution in [0.1, 0.15) is 38.3 Å². The number of alkyl halides is 1. The van der Waals surface area contributed by atoms with Crippen molar-refractivity contribution in [2.75, 3.05) is 13.2 Å². The van der Waals surface area contributed by atoms with Gasteiger partial charge >= 0.3 is 0 Å². The van der Waals surface area contributed by atoms with Crippen molar-refractivity contribution < 1.29 is 4.74 Å². The van der Waals surface area contributed by atoms with Crippen LogP contribution in [0.4, 0.5) is 0 Å². The highest BCUT2D eigenvalue weighted by Crippen LogP contribution is 2.20. The summed E-state index contributed by atoms with van der Waals surface area (Å²) >= 11 is 6.06. The van der Waals surface area contributed by atoms with Crippen molar-refractivity contribution in [3.63, 3.8) is 0 Å².